The zero-order valence-electron chi connectivity index (χ0n) is 13.0. The van der Waals surface area contributed by atoms with E-state index >= 15 is 0 Å². The molecule has 1 aliphatic carbocycles. The fourth-order valence-corrected chi connectivity index (χ4v) is 3.39. The van der Waals surface area contributed by atoms with E-state index in [2.05, 4.69) is 26.4 Å². The predicted molar refractivity (Wildman–Crippen MR) is 101 cm³/mol. The molecule has 122 valence electrons. The molecule has 2 N–H and O–H groups in total. The van der Waals surface area contributed by atoms with E-state index in [0.29, 0.717) is 17.0 Å². The average Bonchev–Trinajstić information content (AvgIpc) is 2.97. The van der Waals surface area contributed by atoms with Crippen molar-refractivity contribution < 1.29 is 10.0 Å². The second-order valence-corrected chi connectivity index (χ2v) is 6.60. The third-order valence-corrected chi connectivity index (χ3v) is 4.75. The summed E-state index contributed by atoms with van der Waals surface area (Å²) in [5, 5.41) is 15.8. The molecule has 0 spiro atoms. The van der Waals surface area contributed by atoms with E-state index in [4.69, 9.17) is 0 Å². The van der Waals surface area contributed by atoms with Gasteiger partial charge in [0.15, 0.2) is 0 Å². The molecule has 0 aliphatic heterocycles. The van der Waals surface area contributed by atoms with Gasteiger partial charge in [-0.15, -0.1) is 0 Å². The summed E-state index contributed by atoms with van der Waals surface area (Å²) in [6.07, 6.45) is 0. The molecule has 3 aromatic carbocycles. The quantitative estimate of drug-likeness (QED) is 0.376. The van der Waals surface area contributed by atoms with Crippen LogP contribution in [0.25, 0.3) is 11.1 Å². The maximum Gasteiger partial charge on any atom is 0.256 e. The largest absolute Gasteiger partial charge is 0.410 e. The Morgan fingerprint density at radius 1 is 0.880 bits per heavy atom. The van der Waals surface area contributed by atoms with Gasteiger partial charge in [0, 0.05) is 32.4 Å². The van der Waals surface area contributed by atoms with Gasteiger partial charge in [0.05, 0.1) is 0 Å². The highest BCUT2D eigenvalue weighted by Crippen LogP contribution is 2.39. The smallest absolute Gasteiger partial charge is 0.256 e. The molecule has 3 aromatic rings. The SMILES string of the molecule is O=C(Nc1ccc(Br)cc1)c1cccc2c1-c1ccccc1C2=NO. The van der Waals surface area contributed by atoms with E-state index < -0.39 is 0 Å². The van der Waals surface area contributed by atoms with Crippen molar-refractivity contribution in [3.8, 4) is 11.1 Å². The zero-order valence-corrected chi connectivity index (χ0v) is 14.6. The molecule has 4 rings (SSSR count). The average molecular weight is 393 g/mol. The molecule has 0 heterocycles. The molecular formula is C20H13BrN2O2. The molecule has 0 bridgehead atoms. The molecule has 1 aliphatic rings. The van der Waals surface area contributed by atoms with E-state index in [1.54, 1.807) is 12.1 Å². The van der Waals surface area contributed by atoms with Gasteiger partial charge in [-0.25, -0.2) is 0 Å². The maximum atomic E-state index is 12.8. The van der Waals surface area contributed by atoms with Gasteiger partial charge in [-0.05, 0) is 35.9 Å². The van der Waals surface area contributed by atoms with Crippen LogP contribution in [0.15, 0.2) is 76.4 Å². The fraction of sp³-hybridized carbons (Fsp3) is 0. The second kappa shape index (κ2) is 6.18. The second-order valence-electron chi connectivity index (χ2n) is 5.68. The Morgan fingerprint density at radius 2 is 1.56 bits per heavy atom. The molecule has 0 saturated heterocycles. The van der Waals surface area contributed by atoms with Crippen molar-refractivity contribution in [3.63, 3.8) is 0 Å². The Bertz CT molecular complexity index is 1010. The molecule has 0 aromatic heterocycles. The molecule has 0 fully saturated rings. The summed E-state index contributed by atoms with van der Waals surface area (Å²) in [7, 11) is 0. The first-order chi connectivity index (χ1) is 12.2. The number of nitrogens with one attached hydrogen (secondary N) is 1. The number of oxime groups is 1. The Balaban J connectivity index is 1.80. The number of carbonyl (C=O) groups is 1. The number of anilines is 1. The van der Waals surface area contributed by atoms with Gasteiger partial charge in [-0.3, -0.25) is 4.79 Å². The van der Waals surface area contributed by atoms with Crippen molar-refractivity contribution in [2.75, 3.05) is 5.32 Å². The number of fused-ring (bicyclic) bond motifs is 3. The van der Waals surface area contributed by atoms with Crippen LogP contribution < -0.4 is 5.32 Å². The van der Waals surface area contributed by atoms with E-state index in [1.165, 1.54) is 0 Å². The highest BCUT2D eigenvalue weighted by molar-refractivity contribution is 9.10. The van der Waals surface area contributed by atoms with Crippen molar-refractivity contribution in [1.82, 2.24) is 0 Å². The predicted octanol–water partition coefficient (Wildman–Crippen LogP) is 4.91. The summed E-state index contributed by atoms with van der Waals surface area (Å²) < 4.78 is 0.948. The van der Waals surface area contributed by atoms with Crippen LogP contribution in [-0.4, -0.2) is 16.8 Å². The molecule has 5 heteroatoms. The third kappa shape index (κ3) is 2.62. The monoisotopic (exact) mass is 392 g/mol. The van der Waals surface area contributed by atoms with Crippen LogP contribution in [0.1, 0.15) is 21.5 Å². The Kier molecular flexibility index (Phi) is 3.86. The molecule has 1 amide bonds. The van der Waals surface area contributed by atoms with Crippen molar-refractivity contribution in [2.24, 2.45) is 5.16 Å². The van der Waals surface area contributed by atoms with Crippen molar-refractivity contribution in [2.45, 2.75) is 0 Å². The highest BCUT2D eigenvalue weighted by atomic mass is 79.9. The van der Waals surface area contributed by atoms with E-state index in [1.807, 2.05) is 54.6 Å². The number of carbonyl (C=O) groups excluding carboxylic acids is 1. The summed E-state index contributed by atoms with van der Waals surface area (Å²) in [6, 6.07) is 20.5. The van der Waals surface area contributed by atoms with E-state index in [0.717, 1.165) is 26.7 Å². The number of halogens is 1. The number of hydrogen-bond acceptors (Lipinski definition) is 3. The van der Waals surface area contributed by atoms with Crippen LogP contribution in [0.3, 0.4) is 0 Å². The van der Waals surface area contributed by atoms with Gasteiger partial charge in [0.2, 0.25) is 0 Å². The van der Waals surface area contributed by atoms with Gasteiger partial charge in [-0.2, -0.15) is 0 Å². The lowest BCUT2D eigenvalue weighted by molar-refractivity contribution is 0.102. The third-order valence-electron chi connectivity index (χ3n) is 4.22. The lowest BCUT2D eigenvalue weighted by Crippen LogP contribution is -2.13. The van der Waals surface area contributed by atoms with Crippen LogP contribution in [0.5, 0.6) is 0 Å². The van der Waals surface area contributed by atoms with Crippen LogP contribution >= 0.6 is 15.9 Å². The number of nitrogens with zero attached hydrogens (tertiary/aromatic N) is 1. The number of rotatable bonds is 2. The minimum Gasteiger partial charge on any atom is -0.410 e. The van der Waals surface area contributed by atoms with Crippen molar-refractivity contribution in [3.05, 3.63) is 87.9 Å². The number of hydrogen-bond donors (Lipinski definition) is 2. The van der Waals surface area contributed by atoms with E-state index in [-0.39, 0.29) is 5.91 Å². The van der Waals surface area contributed by atoms with Crippen molar-refractivity contribution in [1.29, 1.82) is 0 Å². The maximum absolute atomic E-state index is 12.8. The molecular weight excluding hydrogens is 380 g/mol. The minimum atomic E-state index is -0.201. The van der Waals surface area contributed by atoms with Gasteiger partial charge >= 0.3 is 0 Å². The minimum absolute atomic E-state index is 0.201. The molecule has 0 radical (unpaired) electrons. The first-order valence-corrected chi connectivity index (χ1v) is 8.50. The lowest BCUT2D eigenvalue weighted by Gasteiger charge is -2.10. The Hall–Kier alpha value is -2.92. The van der Waals surface area contributed by atoms with Gasteiger partial charge in [0.1, 0.15) is 5.71 Å². The van der Waals surface area contributed by atoms with Crippen LogP contribution in [-0.2, 0) is 0 Å². The molecule has 0 unspecified atom stereocenters. The van der Waals surface area contributed by atoms with Crippen LogP contribution in [0.4, 0.5) is 5.69 Å². The van der Waals surface area contributed by atoms with Gasteiger partial charge < -0.3 is 10.5 Å². The molecule has 0 atom stereocenters. The number of benzene rings is 3. The fourth-order valence-electron chi connectivity index (χ4n) is 3.12. The summed E-state index contributed by atoms with van der Waals surface area (Å²) in [5.41, 5.74) is 5.02. The standard InChI is InChI=1S/C20H13BrN2O2/c21-12-8-10-13(11-9-12)22-20(24)17-7-3-6-16-18(17)14-4-1-2-5-15(14)19(16)23-25/h1-11,25H,(H,22,24). The summed E-state index contributed by atoms with van der Waals surface area (Å²) >= 11 is 3.38. The lowest BCUT2D eigenvalue weighted by atomic mass is 9.99. The van der Waals surface area contributed by atoms with Gasteiger partial charge in [0.25, 0.3) is 5.91 Å². The Morgan fingerprint density at radius 3 is 2.28 bits per heavy atom. The molecule has 4 nitrogen and oxygen atoms in total. The van der Waals surface area contributed by atoms with Gasteiger partial charge in [-0.1, -0.05) is 57.5 Å². The summed E-state index contributed by atoms with van der Waals surface area (Å²) in [4.78, 5) is 12.8. The van der Waals surface area contributed by atoms with Crippen LogP contribution in [0, 0.1) is 0 Å². The molecule has 0 saturated carbocycles. The zero-order chi connectivity index (χ0) is 17.4. The summed E-state index contributed by atoms with van der Waals surface area (Å²) in [5.74, 6) is -0.201. The van der Waals surface area contributed by atoms with Crippen molar-refractivity contribution >= 4 is 33.2 Å². The summed E-state index contributed by atoms with van der Waals surface area (Å²) in [6.45, 7) is 0. The molecule has 25 heavy (non-hydrogen) atoms. The number of amides is 1. The van der Waals surface area contributed by atoms with E-state index in [9.17, 15) is 10.0 Å². The topological polar surface area (TPSA) is 61.7 Å². The first kappa shape index (κ1) is 15.6. The Labute approximate surface area is 152 Å². The first-order valence-electron chi connectivity index (χ1n) is 7.71. The van der Waals surface area contributed by atoms with Crippen LogP contribution in [0.2, 0.25) is 0 Å². The normalized spacial score (nSPS) is 13.4. The highest BCUT2D eigenvalue weighted by Gasteiger charge is 2.29.